The molecule has 9 heteroatoms. The van der Waals surface area contributed by atoms with E-state index in [1.54, 1.807) is 0 Å². The van der Waals surface area contributed by atoms with Gasteiger partial charge in [0.2, 0.25) is 5.89 Å². The van der Waals surface area contributed by atoms with Crippen molar-refractivity contribution in [2.45, 2.75) is 19.4 Å². The Morgan fingerprint density at radius 1 is 1.35 bits per heavy atom. The Balaban J connectivity index is 2.34. The highest BCUT2D eigenvalue weighted by Crippen LogP contribution is 2.27. The molecule has 0 saturated carbocycles. The van der Waals surface area contributed by atoms with Gasteiger partial charge in [0.05, 0.1) is 6.04 Å². The summed E-state index contributed by atoms with van der Waals surface area (Å²) in [6.07, 6.45) is -2.88. The van der Waals surface area contributed by atoms with Gasteiger partial charge in [-0.15, -0.1) is 10.2 Å². The molecule has 0 N–H and O–H groups in total. The molecular formula is C11H8F3N5O. The maximum absolute atomic E-state index is 13.9. The second kappa shape index (κ2) is 5.62. The number of rotatable bonds is 4. The Bertz CT molecular complexity index is 666. The van der Waals surface area contributed by atoms with Gasteiger partial charge < -0.3 is 4.42 Å². The largest absolute Gasteiger partial charge is 0.415 e. The van der Waals surface area contributed by atoms with E-state index in [-0.39, 0.29) is 17.0 Å². The van der Waals surface area contributed by atoms with Crippen LogP contribution in [0.3, 0.4) is 0 Å². The summed E-state index contributed by atoms with van der Waals surface area (Å²) in [7, 11) is 0. The van der Waals surface area contributed by atoms with Gasteiger partial charge >= 0.3 is 6.43 Å². The fourth-order valence-corrected chi connectivity index (χ4v) is 1.58. The van der Waals surface area contributed by atoms with Crippen molar-refractivity contribution >= 4 is 0 Å². The molecule has 0 aliphatic heterocycles. The van der Waals surface area contributed by atoms with Crippen LogP contribution in [0.25, 0.3) is 21.9 Å². The third-order valence-corrected chi connectivity index (χ3v) is 2.55. The molecule has 1 aromatic heterocycles. The Morgan fingerprint density at radius 3 is 2.65 bits per heavy atom. The first-order valence-electron chi connectivity index (χ1n) is 5.48. The van der Waals surface area contributed by atoms with Crippen LogP contribution in [0.15, 0.2) is 27.7 Å². The third kappa shape index (κ3) is 2.72. The van der Waals surface area contributed by atoms with Crippen molar-refractivity contribution in [3.05, 3.63) is 45.9 Å². The van der Waals surface area contributed by atoms with E-state index in [0.29, 0.717) is 0 Å². The van der Waals surface area contributed by atoms with E-state index in [4.69, 9.17) is 9.95 Å². The number of azide groups is 1. The smallest absolute Gasteiger partial charge is 0.314 e. The molecular weight excluding hydrogens is 275 g/mol. The Morgan fingerprint density at radius 2 is 2.10 bits per heavy atom. The average molecular weight is 283 g/mol. The first-order valence-corrected chi connectivity index (χ1v) is 5.48. The van der Waals surface area contributed by atoms with E-state index >= 15 is 0 Å². The van der Waals surface area contributed by atoms with Crippen molar-refractivity contribution in [3.63, 3.8) is 0 Å². The van der Waals surface area contributed by atoms with Gasteiger partial charge in [-0.1, -0.05) is 18.1 Å². The van der Waals surface area contributed by atoms with Crippen LogP contribution in [0.5, 0.6) is 0 Å². The normalized spacial score (nSPS) is 12.2. The van der Waals surface area contributed by atoms with E-state index in [1.165, 1.54) is 19.1 Å². The van der Waals surface area contributed by atoms with Crippen LogP contribution in [0.2, 0.25) is 0 Å². The topological polar surface area (TPSA) is 87.7 Å². The number of aromatic nitrogens is 2. The first kappa shape index (κ1) is 13.9. The highest BCUT2D eigenvalue weighted by molar-refractivity contribution is 5.53. The van der Waals surface area contributed by atoms with Crippen LogP contribution in [0, 0.1) is 5.82 Å². The van der Waals surface area contributed by atoms with Crippen LogP contribution in [0.1, 0.15) is 30.8 Å². The van der Waals surface area contributed by atoms with Crippen molar-refractivity contribution < 1.29 is 17.6 Å². The average Bonchev–Trinajstić information content (AvgIpc) is 2.88. The molecule has 20 heavy (non-hydrogen) atoms. The molecule has 0 saturated heterocycles. The number of alkyl halides is 2. The molecule has 0 spiro atoms. The van der Waals surface area contributed by atoms with Gasteiger partial charge in [0.1, 0.15) is 5.82 Å². The fraction of sp³-hybridized carbons (Fsp3) is 0.273. The summed E-state index contributed by atoms with van der Waals surface area (Å²) < 4.78 is 43.2. The Labute approximate surface area is 110 Å². The Kier molecular flexibility index (Phi) is 3.90. The number of benzene rings is 1. The minimum Gasteiger partial charge on any atom is -0.415 e. The van der Waals surface area contributed by atoms with Crippen LogP contribution < -0.4 is 0 Å². The maximum atomic E-state index is 13.9. The summed E-state index contributed by atoms with van der Waals surface area (Å²) in [6.45, 7) is 1.53. The summed E-state index contributed by atoms with van der Waals surface area (Å²) in [6, 6.07) is 3.16. The van der Waals surface area contributed by atoms with Crippen LogP contribution in [0.4, 0.5) is 13.2 Å². The SMILES string of the molecule is CC(N=[N+]=[N-])c1ccc(-c2nnc(C(F)F)o2)cc1F. The van der Waals surface area contributed by atoms with E-state index in [0.717, 1.165) is 6.07 Å². The van der Waals surface area contributed by atoms with E-state index in [2.05, 4.69) is 20.2 Å². The van der Waals surface area contributed by atoms with Gasteiger partial charge in [0.25, 0.3) is 5.89 Å². The molecule has 2 aromatic rings. The summed E-state index contributed by atoms with van der Waals surface area (Å²) in [4.78, 5) is 2.59. The summed E-state index contributed by atoms with van der Waals surface area (Å²) in [5.41, 5.74) is 8.65. The van der Waals surface area contributed by atoms with Crippen LogP contribution >= 0.6 is 0 Å². The number of nitrogens with zero attached hydrogens (tertiary/aromatic N) is 5. The number of hydrogen-bond donors (Lipinski definition) is 0. The molecule has 6 nitrogen and oxygen atoms in total. The number of halogens is 3. The predicted octanol–water partition coefficient (Wildman–Crippen LogP) is 4.18. The molecule has 104 valence electrons. The van der Waals surface area contributed by atoms with Gasteiger partial charge in [-0.05, 0) is 23.2 Å². The minimum atomic E-state index is -2.88. The molecule has 1 atom stereocenters. The zero-order valence-corrected chi connectivity index (χ0v) is 10.2. The van der Waals surface area contributed by atoms with Crippen LogP contribution in [-0.2, 0) is 0 Å². The van der Waals surface area contributed by atoms with Crippen molar-refractivity contribution in [1.29, 1.82) is 0 Å². The standard InChI is InChI=1S/C11H8F3N5O/c1-5(16-19-15)7-3-2-6(4-8(7)12)10-17-18-11(20-10)9(13)14/h2-5,9H,1H3. The summed E-state index contributed by atoms with van der Waals surface area (Å²) in [5, 5.41) is 9.94. The van der Waals surface area contributed by atoms with E-state index in [1.807, 2.05) is 0 Å². The molecule has 2 rings (SSSR count). The maximum Gasteiger partial charge on any atom is 0.314 e. The minimum absolute atomic E-state index is 0.166. The van der Waals surface area contributed by atoms with Crippen molar-refractivity contribution in [3.8, 4) is 11.5 Å². The van der Waals surface area contributed by atoms with Crippen molar-refractivity contribution in [2.24, 2.45) is 5.11 Å². The molecule has 1 heterocycles. The quantitative estimate of drug-likeness (QED) is 0.479. The lowest BCUT2D eigenvalue weighted by Crippen LogP contribution is -1.94. The predicted molar refractivity (Wildman–Crippen MR) is 62.2 cm³/mol. The van der Waals surface area contributed by atoms with Gasteiger partial charge in [0, 0.05) is 10.5 Å². The third-order valence-electron chi connectivity index (χ3n) is 2.55. The van der Waals surface area contributed by atoms with Gasteiger partial charge in [-0.3, -0.25) is 0 Å². The highest BCUT2D eigenvalue weighted by Gasteiger charge is 2.18. The highest BCUT2D eigenvalue weighted by atomic mass is 19.3. The van der Waals surface area contributed by atoms with Crippen molar-refractivity contribution in [2.75, 3.05) is 0 Å². The van der Waals surface area contributed by atoms with Gasteiger partial charge in [-0.2, -0.15) is 8.78 Å². The molecule has 0 fully saturated rings. The second-order valence-electron chi connectivity index (χ2n) is 3.86. The molecule has 0 amide bonds. The number of hydrogen-bond acceptors (Lipinski definition) is 4. The molecule has 0 bridgehead atoms. The zero-order valence-electron chi connectivity index (χ0n) is 10.2. The lowest BCUT2D eigenvalue weighted by Gasteiger charge is -2.07. The first-order chi connectivity index (χ1) is 9.52. The zero-order chi connectivity index (χ0) is 14.7. The van der Waals surface area contributed by atoms with E-state index < -0.39 is 24.2 Å². The second-order valence-corrected chi connectivity index (χ2v) is 3.86. The molecule has 0 aliphatic rings. The molecule has 1 aromatic carbocycles. The summed E-state index contributed by atoms with van der Waals surface area (Å²) >= 11 is 0. The summed E-state index contributed by atoms with van der Waals surface area (Å²) in [5.74, 6) is -1.69. The lowest BCUT2D eigenvalue weighted by molar-refractivity contribution is 0.116. The lowest BCUT2D eigenvalue weighted by atomic mass is 10.1. The molecule has 0 radical (unpaired) electrons. The fourth-order valence-electron chi connectivity index (χ4n) is 1.58. The Hall–Kier alpha value is -2.54. The van der Waals surface area contributed by atoms with Gasteiger partial charge in [0.15, 0.2) is 0 Å². The van der Waals surface area contributed by atoms with E-state index in [9.17, 15) is 13.2 Å². The monoisotopic (exact) mass is 283 g/mol. The van der Waals surface area contributed by atoms with Crippen molar-refractivity contribution in [1.82, 2.24) is 10.2 Å². The molecule has 0 aliphatic carbocycles. The van der Waals surface area contributed by atoms with Crippen LogP contribution in [-0.4, -0.2) is 10.2 Å². The molecule has 1 unspecified atom stereocenters. The van der Waals surface area contributed by atoms with Gasteiger partial charge in [-0.25, -0.2) is 4.39 Å².